The molecule has 0 aromatic carbocycles. The van der Waals surface area contributed by atoms with Crippen molar-refractivity contribution in [3.8, 4) is 0 Å². The summed E-state index contributed by atoms with van der Waals surface area (Å²) in [6.45, 7) is 4.26. The highest BCUT2D eigenvalue weighted by Crippen LogP contribution is 2.43. The fourth-order valence-electron chi connectivity index (χ4n) is 4.75. The van der Waals surface area contributed by atoms with Gasteiger partial charge in [-0.15, -0.1) is 10.2 Å². The molecule has 0 bridgehead atoms. The van der Waals surface area contributed by atoms with Gasteiger partial charge in [0, 0.05) is 35.6 Å². The molecule has 0 aliphatic carbocycles. The first-order valence-electron chi connectivity index (χ1n) is 10.7. The van der Waals surface area contributed by atoms with E-state index in [0.29, 0.717) is 32.6 Å². The molecular weight excluding hydrogens is 464 g/mol. The van der Waals surface area contributed by atoms with E-state index in [-0.39, 0.29) is 23.4 Å². The van der Waals surface area contributed by atoms with Crippen LogP contribution in [0.3, 0.4) is 0 Å². The van der Waals surface area contributed by atoms with Gasteiger partial charge in [-0.3, -0.25) is 9.20 Å². The van der Waals surface area contributed by atoms with Gasteiger partial charge in [-0.05, 0) is 31.9 Å². The van der Waals surface area contributed by atoms with Crippen LogP contribution in [0, 0.1) is 5.41 Å². The Morgan fingerprint density at radius 3 is 2.79 bits per heavy atom. The van der Waals surface area contributed by atoms with Gasteiger partial charge >= 0.3 is 0 Å². The lowest BCUT2D eigenvalue weighted by molar-refractivity contribution is 0.0974. The minimum Gasteiger partial charge on any atom is -0.382 e. The average Bonchev–Trinajstić information content (AvgIpc) is 3.39. The highest BCUT2D eigenvalue weighted by molar-refractivity contribution is 7.99. The van der Waals surface area contributed by atoms with Crippen molar-refractivity contribution in [3.63, 3.8) is 0 Å². The molecule has 2 aliphatic rings. The molecule has 33 heavy (non-hydrogen) atoms. The summed E-state index contributed by atoms with van der Waals surface area (Å²) in [6.07, 6.45) is 5.06. The van der Waals surface area contributed by atoms with Gasteiger partial charge < -0.3 is 26.8 Å². The lowest BCUT2D eigenvalue weighted by Crippen LogP contribution is -2.51. The first-order chi connectivity index (χ1) is 15.8. The van der Waals surface area contributed by atoms with Crippen LogP contribution in [0.1, 0.15) is 30.1 Å². The number of ether oxygens (including phenoxy) is 1. The van der Waals surface area contributed by atoms with E-state index in [0.717, 1.165) is 31.7 Å². The Morgan fingerprint density at radius 2 is 2.12 bits per heavy atom. The average molecular weight is 489 g/mol. The zero-order valence-electron chi connectivity index (χ0n) is 18.1. The maximum atomic E-state index is 12.5. The van der Waals surface area contributed by atoms with E-state index in [4.69, 9.17) is 33.5 Å². The van der Waals surface area contributed by atoms with Crippen LogP contribution in [0.25, 0.3) is 5.65 Å². The van der Waals surface area contributed by atoms with Gasteiger partial charge in [0.1, 0.15) is 18.0 Å². The van der Waals surface area contributed by atoms with Gasteiger partial charge in [0.2, 0.25) is 5.91 Å². The van der Waals surface area contributed by atoms with Gasteiger partial charge in [0.25, 0.3) is 0 Å². The van der Waals surface area contributed by atoms with Gasteiger partial charge in [-0.2, -0.15) is 0 Å². The summed E-state index contributed by atoms with van der Waals surface area (Å²) in [7, 11) is 0. The number of nitrogens with zero attached hydrogens (tertiary/aromatic N) is 5. The molecule has 5 heterocycles. The number of rotatable bonds is 4. The number of anilines is 2. The third kappa shape index (κ3) is 3.68. The van der Waals surface area contributed by atoms with Crippen molar-refractivity contribution in [2.24, 2.45) is 16.9 Å². The second-order valence-electron chi connectivity index (χ2n) is 8.64. The predicted molar refractivity (Wildman–Crippen MR) is 127 cm³/mol. The van der Waals surface area contributed by atoms with E-state index in [1.807, 2.05) is 11.3 Å². The topological polar surface area (TPSA) is 151 Å². The Balaban J connectivity index is 1.52. The van der Waals surface area contributed by atoms with E-state index in [9.17, 15) is 4.79 Å². The fourth-order valence-corrected chi connectivity index (χ4v) is 6.02. The predicted octanol–water partition coefficient (Wildman–Crippen LogP) is 1.94. The van der Waals surface area contributed by atoms with Crippen molar-refractivity contribution in [1.29, 1.82) is 0 Å². The summed E-state index contributed by atoms with van der Waals surface area (Å²) in [4.78, 5) is 19.9. The standard InChI is InChI=1S/C21H25ClN8O2S/c1-11-17(23)21(9-32-11)3-6-29(7-4-21)14-8-12(19(25)31)16(20-28-27-10-30(14)20)33-13-2-5-26-18(24)15(13)22/h2,5,8,10-11,17H,3-4,6-7,9,23H2,1H3,(H2,24,26)(H2,25,31)/t11-,17+/m0/s1. The Hall–Kier alpha value is -2.60. The minimum absolute atomic E-state index is 0.0114. The quantitative estimate of drug-likeness (QED) is 0.500. The monoisotopic (exact) mass is 488 g/mol. The number of hydrogen-bond donors (Lipinski definition) is 3. The van der Waals surface area contributed by atoms with Crippen molar-refractivity contribution in [2.75, 3.05) is 30.3 Å². The number of carbonyl (C=O) groups is 1. The molecule has 3 aromatic heterocycles. The number of halogens is 1. The van der Waals surface area contributed by atoms with Crippen LogP contribution in [0.4, 0.5) is 11.6 Å². The zero-order valence-corrected chi connectivity index (χ0v) is 19.6. The normalized spacial score (nSPS) is 22.3. The van der Waals surface area contributed by atoms with Crippen molar-refractivity contribution in [1.82, 2.24) is 19.6 Å². The third-order valence-corrected chi connectivity index (χ3v) is 8.48. The number of hydrogen-bond acceptors (Lipinski definition) is 9. The lowest BCUT2D eigenvalue weighted by atomic mass is 9.73. The SMILES string of the molecule is C[C@@H]1OCC2(CCN(c3cc(C(N)=O)c(Sc4ccnc(N)c4Cl)c4nncn34)CC2)[C@@H]1N. The van der Waals surface area contributed by atoms with Crippen LogP contribution >= 0.6 is 23.4 Å². The zero-order chi connectivity index (χ0) is 23.3. The summed E-state index contributed by atoms with van der Waals surface area (Å²) in [5, 5.41) is 8.70. The Kier molecular flexibility index (Phi) is 5.60. The maximum Gasteiger partial charge on any atom is 0.250 e. The molecule has 2 aliphatic heterocycles. The lowest BCUT2D eigenvalue weighted by Gasteiger charge is -2.42. The summed E-state index contributed by atoms with van der Waals surface area (Å²) >= 11 is 7.60. The Morgan fingerprint density at radius 1 is 1.36 bits per heavy atom. The number of aromatic nitrogens is 4. The molecule has 0 unspecified atom stereocenters. The molecule has 174 valence electrons. The number of piperidine rings is 1. The fraction of sp³-hybridized carbons (Fsp3) is 0.429. The van der Waals surface area contributed by atoms with Crippen molar-refractivity contribution < 1.29 is 9.53 Å². The molecule has 3 aromatic rings. The van der Waals surface area contributed by atoms with Crippen LogP contribution < -0.4 is 22.1 Å². The molecule has 12 heteroatoms. The molecular formula is C21H25ClN8O2S. The maximum absolute atomic E-state index is 12.5. The first-order valence-corrected chi connectivity index (χ1v) is 11.9. The first kappa shape index (κ1) is 22.2. The van der Waals surface area contributed by atoms with Crippen molar-refractivity contribution >= 4 is 46.6 Å². The van der Waals surface area contributed by atoms with Gasteiger partial charge in [0.05, 0.1) is 28.2 Å². The third-order valence-electron chi connectivity index (χ3n) is 6.80. The second kappa shape index (κ2) is 8.32. The highest BCUT2D eigenvalue weighted by Gasteiger charge is 2.47. The number of pyridine rings is 2. The van der Waals surface area contributed by atoms with Gasteiger partial charge in [0.15, 0.2) is 5.65 Å². The number of primary amides is 1. The van der Waals surface area contributed by atoms with Crippen LogP contribution in [0.15, 0.2) is 34.4 Å². The molecule has 1 amide bonds. The minimum atomic E-state index is -0.559. The van der Waals surface area contributed by atoms with Crippen molar-refractivity contribution in [2.45, 2.75) is 41.7 Å². The van der Waals surface area contributed by atoms with E-state index in [1.54, 1.807) is 24.7 Å². The number of fused-ring (bicyclic) bond motifs is 1. The summed E-state index contributed by atoms with van der Waals surface area (Å²) in [6, 6.07) is 3.55. The molecule has 5 rings (SSSR count). The number of nitrogens with two attached hydrogens (primary N) is 3. The molecule has 10 nitrogen and oxygen atoms in total. The summed E-state index contributed by atoms with van der Waals surface area (Å²) < 4.78 is 7.72. The van der Waals surface area contributed by atoms with Crippen LogP contribution in [0.2, 0.25) is 5.02 Å². The molecule has 0 radical (unpaired) electrons. The molecule has 2 fully saturated rings. The Bertz CT molecular complexity index is 1230. The van der Waals surface area contributed by atoms with E-state index in [1.165, 1.54) is 11.8 Å². The Labute approximate surface area is 199 Å². The van der Waals surface area contributed by atoms with Crippen LogP contribution in [0.5, 0.6) is 0 Å². The van der Waals surface area contributed by atoms with E-state index >= 15 is 0 Å². The molecule has 6 N–H and O–H groups in total. The van der Waals surface area contributed by atoms with Gasteiger partial charge in [-0.25, -0.2) is 4.98 Å². The molecule has 2 saturated heterocycles. The number of nitrogen functional groups attached to an aromatic ring is 1. The van der Waals surface area contributed by atoms with E-state index < -0.39 is 5.91 Å². The van der Waals surface area contributed by atoms with Crippen LogP contribution in [-0.2, 0) is 4.74 Å². The number of carbonyl (C=O) groups excluding carboxylic acids is 1. The van der Waals surface area contributed by atoms with Crippen LogP contribution in [-0.4, -0.2) is 57.3 Å². The van der Waals surface area contributed by atoms with E-state index in [2.05, 4.69) is 20.1 Å². The highest BCUT2D eigenvalue weighted by atomic mass is 35.5. The number of amides is 1. The van der Waals surface area contributed by atoms with Crippen molar-refractivity contribution in [3.05, 3.63) is 35.2 Å². The summed E-state index contributed by atoms with van der Waals surface area (Å²) in [5.74, 6) is 0.460. The van der Waals surface area contributed by atoms with Gasteiger partial charge in [-0.1, -0.05) is 23.4 Å². The largest absolute Gasteiger partial charge is 0.382 e. The smallest absolute Gasteiger partial charge is 0.250 e. The summed E-state index contributed by atoms with van der Waals surface area (Å²) in [5.41, 5.74) is 19.0. The molecule has 1 spiro atoms. The molecule has 2 atom stereocenters. The second-order valence-corrected chi connectivity index (χ2v) is 10.1. The molecule has 0 saturated carbocycles.